The molecule has 1 atom stereocenters. The molecule has 0 aliphatic heterocycles. The van der Waals surface area contributed by atoms with Gasteiger partial charge in [-0.2, -0.15) is 0 Å². The highest BCUT2D eigenvalue weighted by molar-refractivity contribution is 6.30. The Balaban J connectivity index is 1.99. The molecule has 0 saturated heterocycles. The maximum absolute atomic E-state index is 12.3. The summed E-state index contributed by atoms with van der Waals surface area (Å²) in [6.07, 6.45) is -0.671. The van der Waals surface area contributed by atoms with Crippen molar-refractivity contribution in [1.82, 2.24) is 5.48 Å². The van der Waals surface area contributed by atoms with Gasteiger partial charge in [0.05, 0.1) is 0 Å². The van der Waals surface area contributed by atoms with Crippen LogP contribution in [0.2, 0.25) is 5.02 Å². The van der Waals surface area contributed by atoms with Gasteiger partial charge in [-0.3, -0.25) is 10.0 Å². The van der Waals surface area contributed by atoms with Crippen molar-refractivity contribution in [3.8, 4) is 5.75 Å². The van der Waals surface area contributed by atoms with Gasteiger partial charge in [0.15, 0.2) is 6.10 Å². The predicted octanol–water partition coefficient (Wildman–Crippen LogP) is 3.50. The van der Waals surface area contributed by atoms with Crippen LogP contribution in [0.3, 0.4) is 0 Å². The van der Waals surface area contributed by atoms with E-state index in [0.717, 1.165) is 0 Å². The number of carbonyl (C=O) groups is 2. The summed E-state index contributed by atoms with van der Waals surface area (Å²) in [7, 11) is 0. The lowest BCUT2D eigenvalue weighted by Gasteiger charge is -2.14. The van der Waals surface area contributed by atoms with E-state index in [0.29, 0.717) is 22.0 Å². The molecule has 0 aliphatic rings. The molecular weight excluding hydrogens is 320 g/mol. The number of hydrogen-bond acceptors (Lipinski definition) is 4. The van der Waals surface area contributed by atoms with Crippen LogP contribution in [-0.2, 0) is 0 Å². The lowest BCUT2D eigenvalue weighted by Crippen LogP contribution is -2.25. The van der Waals surface area contributed by atoms with Crippen molar-refractivity contribution in [2.24, 2.45) is 0 Å². The number of urea groups is 1. The van der Waals surface area contributed by atoms with Gasteiger partial charge in [0.2, 0.25) is 5.78 Å². The van der Waals surface area contributed by atoms with Crippen LogP contribution in [0.5, 0.6) is 5.75 Å². The fourth-order valence-corrected chi connectivity index (χ4v) is 2.01. The molecule has 0 saturated carbocycles. The summed E-state index contributed by atoms with van der Waals surface area (Å²) in [5.41, 5.74) is 2.45. The summed E-state index contributed by atoms with van der Waals surface area (Å²) in [6, 6.07) is 12.2. The monoisotopic (exact) mass is 334 g/mol. The lowest BCUT2D eigenvalue weighted by molar-refractivity contribution is 0.0818. The van der Waals surface area contributed by atoms with Crippen LogP contribution in [0, 0.1) is 0 Å². The summed E-state index contributed by atoms with van der Waals surface area (Å²) in [6.45, 7) is 1.66. The summed E-state index contributed by atoms with van der Waals surface area (Å²) in [4.78, 5) is 23.2. The van der Waals surface area contributed by atoms with Crippen molar-refractivity contribution in [3.05, 3.63) is 59.1 Å². The number of ketones is 1. The van der Waals surface area contributed by atoms with Crippen molar-refractivity contribution in [2.45, 2.75) is 13.0 Å². The third-order valence-corrected chi connectivity index (χ3v) is 3.28. The number of hydroxylamine groups is 1. The summed E-state index contributed by atoms with van der Waals surface area (Å²) < 4.78 is 5.59. The van der Waals surface area contributed by atoms with E-state index >= 15 is 0 Å². The molecule has 2 amide bonds. The van der Waals surface area contributed by atoms with E-state index in [1.54, 1.807) is 55.5 Å². The average Bonchev–Trinajstić information content (AvgIpc) is 2.56. The smallest absolute Gasteiger partial charge is 0.342 e. The molecule has 2 aromatic carbocycles. The molecule has 2 aromatic rings. The number of nitrogens with one attached hydrogen (secondary N) is 2. The molecule has 0 heterocycles. The third kappa shape index (κ3) is 4.70. The fourth-order valence-electron chi connectivity index (χ4n) is 1.88. The normalized spacial score (nSPS) is 11.4. The maximum atomic E-state index is 12.3. The standard InChI is InChI=1S/C16H15ClN2O4/c1-10(15(20)11-2-4-12(17)5-3-11)23-14-8-6-13(7-9-14)18-16(21)19-22/h2-10,22H,1H3,(H2,18,19,21). The van der Waals surface area contributed by atoms with E-state index in [9.17, 15) is 9.59 Å². The lowest BCUT2D eigenvalue weighted by atomic mass is 10.1. The summed E-state index contributed by atoms with van der Waals surface area (Å²) >= 11 is 5.79. The van der Waals surface area contributed by atoms with E-state index in [1.807, 2.05) is 0 Å². The number of amides is 2. The third-order valence-electron chi connectivity index (χ3n) is 3.02. The number of hydrogen-bond donors (Lipinski definition) is 3. The van der Waals surface area contributed by atoms with Crippen LogP contribution >= 0.6 is 11.6 Å². The second-order valence-corrected chi connectivity index (χ2v) is 5.16. The molecule has 7 heteroatoms. The Kier molecular flexibility index (Phi) is 5.56. The Morgan fingerprint density at radius 1 is 1.09 bits per heavy atom. The molecular formula is C16H15ClN2O4. The van der Waals surface area contributed by atoms with Gasteiger partial charge < -0.3 is 10.1 Å². The Bertz CT molecular complexity index is 686. The highest BCUT2D eigenvalue weighted by Crippen LogP contribution is 2.19. The van der Waals surface area contributed by atoms with E-state index in [4.69, 9.17) is 21.5 Å². The zero-order valence-electron chi connectivity index (χ0n) is 12.2. The van der Waals surface area contributed by atoms with Crippen molar-refractivity contribution in [1.29, 1.82) is 0 Å². The van der Waals surface area contributed by atoms with Gasteiger partial charge in [-0.05, 0) is 55.5 Å². The van der Waals surface area contributed by atoms with Gasteiger partial charge in [0.25, 0.3) is 0 Å². The molecule has 0 spiro atoms. The Morgan fingerprint density at radius 2 is 1.70 bits per heavy atom. The van der Waals surface area contributed by atoms with Crippen molar-refractivity contribution >= 4 is 29.1 Å². The van der Waals surface area contributed by atoms with Crippen LogP contribution < -0.4 is 15.5 Å². The van der Waals surface area contributed by atoms with Crippen LogP contribution in [0.25, 0.3) is 0 Å². The minimum absolute atomic E-state index is 0.163. The zero-order chi connectivity index (χ0) is 16.8. The minimum Gasteiger partial charge on any atom is -0.483 e. The number of Topliss-reactive ketones (excluding diaryl/α,β-unsaturated/α-hetero) is 1. The SMILES string of the molecule is CC(Oc1ccc(NC(=O)NO)cc1)C(=O)c1ccc(Cl)cc1. The maximum Gasteiger partial charge on any atom is 0.342 e. The molecule has 23 heavy (non-hydrogen) atoms. The Hall–Kier alpha value is -2.57. The molecule has 0 radical (unpaired) electrons. The van der Waals surface area contributed by atoms with E-state index in [2.05, 4.69) is 5.32 Å². The largest absolute Gasteiger partial charge is 0.483 e. The number of carbonyl (C=O) groups excluding carboxylic acids is 2. The van der Waals surface area contributed by atoms with Crippen molar-refractivity contribution in [2.75, 3.05) is 5.32 Å². The number of ether oxygens (including phenoxy) is 1. The first-order valence-corrected chi connectivity index (χ1v) is 7.15. The topological polar surface area (TPSA) is 87.7 Å². The number of halogens is 1. The van der Waals surface area contributed by atoms with Crippen molar-refractivity contribution < 1.29 is 19.5 Å². The average molecular weight is 335 g/mol. The summed E-state index contributed by atoms with van der Waals surface area (Å²) in [5, 5.41) is 11.4. The van der Waals surface area contributed by atoms with Gasteiger partial charge in [-0.25, -0.2) is 10.3 Å². The molecule has 0 aliphatic carbocycles. The minimum atomic E-state index is -0.745. The summed E-state index contributed by atoms with van der Waals surface area (Å²) in [5.74, 6) is 0.318. The van der Waals surface area contributed by atoms with Gasteiger partial charge >= 0.3 is 6.03 Å². The first kappa shape index (κ1) is 16.8. The van der Waals surface area contributed by atoms with Crippen LogP contribution in [0.15, 0.2) is 48.5 Å². The first-order chi connectivity index (χ1) is 11.0. The van der Waals surface area contributed by atoms with Gasteiger partial charge in [-0.1, -0.05) is 11.6 Å². The Labute approximate surface area is 138 Å². The van der Waals surface area contributed by atoms with Gasteiger partial charge in [0, 0.05) is 16.3 Å². The van der Waals surface area contributed by atoms with Gasteiger partial charge in [0.1, 0.15) is 5.75 Å². The molecule has 0 bridgehead atoms. The van der Waals surface area contributed by atoms with E-state index < -0.39 is 12.1 Å². The first-order valence-electron chi connectivity index (χ1n) is 6.77. The highest BCUT2D eigenvalue weighted by atomic mass is 35.5. The van der Waals surface area contributed by atoms with E-state index in [1.165, 1.54) is 5.48 Å². The fraction of sp³-hybridized carbons (Fsp3) is 0.125. The van der Waals surface area contributed by atoms with Crippen molar-refractivity contribution in [3.63, 3.8) is 0 Å². The predicted molar refractivity (Wildman–Crippen MR) is 86.3 cm³/mol. The number of benzene rings is 2. The Morgan fingerprint density at radius 3 is 2.26 bits per heavy atom. The number of rotatable bonds is 5. The van der Waals surface area contributed by atoms with E-state index in [-0.39, 0.29) is 5.78 Å². The molecule has 0 fully saturated rings. The second-order valence-electron chi connectivity index (χ2n) is 4.72. The molecule has 1 unspecified atom stereocenters. The molecule has 0 aromatic heterocycles. The van der Waals surface area contributed by atoms with Crippen LogP contribution in [-0.4, -0.2) is 23.1 Å². The zero-order valence-corrected chi connectivity index (χ0v) is 13.0. The molecule has 6 nitrogen and oxygen atoms in total. The second kappa shape index (κ2) is 7.62. The van der Waals surface area contributed by atoms with Crippen LogP contribution in [0.4, 0.5) is 10.5 Å². The number of anilines is 1. The van der Waals surface area contributed by atoms with Crippen LogP contribution in [0.1, 0.15) is 17.3 Å². The quantitative estimate of drug-likeness (QED) is 0.443. The highest BCUT2D eigenvalue weighted by Gasteiger charge is 2.16. The molecule has 3 N–H and O–H groups in total. The van der Waals surface area contributed by atoms with Gasteiger partial charge in [-0.15, -0.1) is 0 Å². The molecule has 120 valence electrons. The molecule has 2 rings (SSSR count).